The van der Waals surface area contributed by atoms with Crippen molar-refractivity contribution in [2.75, 3.05) is 0 Å². The van der Waals surface area contributed by atoms with Crippen molar-refractivity contribution in [1.82, 2.24) is 4.57 Å². The molecule has 1 heterocycles. The number of rotatable bonds is 2. The van der Waals surface area contributed by atoms with Crippen molar-refractivity contribution in [2.24, 2.45) is 0 Å². The van der Waals surface area contributed by atoms with Gasteiger partial charge in [0.2, 0.25) is 0 Å². The van der Waals surface area contributed by atoms with Crippen LogP contribution in [0.15, 0.2) is 18.5 Å². The van der Waals surface area contributed by atoms with E-state index in [1.54, 1.807) is 0 Å². The minimum Gasteiger partial charge on any atom is -0.351 e. The molecule has 1 aromatic heterocycles. The molecule has 12 heavy (non-hydrogen) atoms. The monoisotopic (exact) mass is 163 g/mol. The first-order valence-electron chi connectivity index (χ1n) is 4.53. The van der Waals surface area contributed by atoms with Gasteiger partial charge in [-0.2, -0.15) is 0 Å². The molecule has 64 valence electrons. The van der Waals surface area contributed by atoms with Gasteiger partial charge >= 0.3 is 0 Å². The van der Waals surface area contributed by atoms with Gasteiger partial charge < -0.3 is 4.57 Å². The molecule has 1 saturated carbocycles. The lowest BCUT2D eigenvalue weighted by molar-refractivity contribution is 0.112. The fourth-order valence-electron chi connectivity index (χ4n) is 1.93. The van der Waals surface area contributed by atoms with Crippen LogP contribution < -0.4 is 0 Å². The number of carbonyl (C=O) groups excluding carboxylic acids is 1. The third kappa shape index (κ3) is 1.29. The van der Waals surface area contributed by atoms with Crippen molar-refractivity contribution in [2.45, 2.75) is 31.7 Å². The average Bonchev–Trinajstić information content (AvgIpc) is 2.75. The van der Waals surface area contributed by atoms with Gasteiger partial charge in [0.25, 0.3) is 0 Å². The summed E-state index contributed by atoms with van der Waals surface area (Å²) in [5.41, 5.74) is 0.793. The predicted octanol–water partition coefficient (Wildman–Crippen LogP) is 2.42. The molecular formula is C10H13NO. The van der Waals surface area contributed by atoms with Crippen molar-refractivity contribution < 1.29 is 4.79 Å². The highest BCUT2D eigenvalue weighted by Gasteiger charge is 2.15. The molecule has 1 aliphatic rings. The molecule has 1 aromatic rings. The fraction of sp³-hybridized carbons (Fsp3) is 0.500. The Hall–Kier alpha value is -1.05. The Morgan fingerprint density at radius 2 is 2.17 bits per heavy atom. The van der Waals surface area contributed by atoms with Crippen LogP contribution in [0.1, 0.15) is 42.1 Å². The number of nitrogens with zero attached hydrogens (tertiary/aromatic N) is 1. The highest BCUT2D eigenvalue weighted by atomic mass is 16.1. The van der Waals surface area contributed by atoms with Crippen LogP contribution in [-0.4, -0.2) is 10.9 Å². The number of carbonyl (C=O) groups is 1. The summed E-state index contributed by atoms with van der Waals surface area (Å²) >= 11 is 0. The van der Waals surface area contributed by atoms with Crippen LogP contribution in [-0.2, 0) is 0 Å². The highest BCUT2D eigenvalue weighted by molar-refractivity contribution is 5.74. The summed E-state index contributed by atoms with van der Waals surface area (Å²) in [7, 11) is 0. The summed E-state index contributed by atoms with van der Waals surface area (Å²) < 4.78 is 2.18. The third-order valence-electron chi connectivity index (χ3n) is 2.62. The maximum atomic E-state index is 10.4. The van der Waals surface area contributed by atoms with Crippen LogP contribution in [0, 0.1) is 0 Å². The van der Waals surface area contributed by atoms with Crippen molar-refractivity contribution in [1.29, 1.82) is 0 Å². The van der Waals surface area contributed by atoms with E-state index in [-0.39, 0.29) is 0 Å². The van der Waals surface area contributed by atoms with Gasteiger partial charge in [0, 0.05) is 24.0 Å². The van der Waals surface area contributed by atoms with Crippen molar-refractivity contribution in [3.05, 3.63) is 24.0 Å². The van der Waals surface area contributed by atoms with E-state index in [0.717, 1.165) is 11.8 Å². The summed E-state index contributed by atoms with van der Waals surface area (Å²) in [6.45, 7) is 0. The van der Waals surface area contributed by atoms with Gasteiger partial charge in [0.15, 0.2) is 6.29 Å². The minimum absolute atomic E-state index is 0.652. The smallest absolute Gasteiger partial charge is 0.151 e. The molecule has 0 aliphatic heterocycles. The van der Waals surface area contributed by atoms with E-state index in [1.165, 1.54) is 25.7 Å². The molecule has 2 heteroatoms. The summed E-state index contributed by atoms with van der Waals surface area (Å²) in [4.78, 5) is 10.4. The first-order chi connectivity index (χ1) is 5.90. The maximum Gasteiger partial charge on any atom is 0.151 e. The zero-order valence-electron chi connectivity index (χ0n) is 7.07. The van der Waals surface area contributed by atoms with Gasteiger partial charge in [-0.3, -0.25) is 4.79 Å². The summed E-state index contributed by atoms with van der Waals surface area (Å²) in [5, 5.41) is 0. The Kier molecular flexibility index (Phi) is 1.98. The number of aromatic nitrogens is 1. The molecule has 0 radical (unpaired) electrons. The Morgan fingerprint density at radius 3 is 2.75 bits per heavy atom. The van der Waals surface area contributed by atoms with Gasteiger partial charge in [-0.1, -0.05) is 12.8 Å². The van der Waals surface area contributed by atoms with Crippen LogP contribution in [0.3, 0.4) is 0 Å². The molecule has 0 N–H and O–H groups in total. The average molecular weight is 163 g/mol. The van der Waals surface area contributed by atoms with Gasteiger partial charge in [-0.25, -0.2) is 0 Å². The third-order valence-corrected chi connectivity index (χ3v) is 2.62. The zero-order chi connectivity index (χ0) is 8.39. The van der Waals surface area contributed by atoms with Gasteiger partial charge in [-0.15, -0.1) is 0 Å². The largest absolute Gasteiger partial charge is 0.351 e. The van der Waals surface area contributed by atoms with Crippen LogP contribution in [0.4, 0.5) is 0 Å². The van der Waals surface area contributed by atoms with Crippen LogP contribution >= 0.6 is 0 Å². The van der Waals surface area contributed by atoms with Crippen LogP contribution in [0.5, 0.6) is 0 Å². The van der Waals surface area contributed by atoms with E-state index in [0.29, 0.717) is 6.04 Å². The normalized spacial score (nSPS) is 18.3. The standard InChI is InChI=1S/C10H13NO/c12-8-9-5-6-11(7-9)10-3-1-2-4-10/h5-8,10H,1-4H2. The second kappa shape index (κ2) is 3.13. The first kappa shape index (κ1) is 7.59. The zero-order valence-corrected chi connectivity index (χ0v) is 7.07. The maximum absolute atomic E-state index is 10.4. The topological polar surface area (TPSA) is 22.0 Å². The Labute approximate surface area is 72.2 Å². The minimum atomic E-state index is 0.652. The second-order valence-electron chi connectivity index (χ2n) is 3.45. The van der Waals surface area contributed by atoms with Gasteiger partial charge in [0.1, 0.15) is 0 Å². The summed E-state index contributed by atoms with van der Waals surface area (Å²) in [6, 6.07) is 2.53. The lowest BCUT2D eigenvalue weighted by Gasteiger charge is -2.09. The quantitative estimate of drug-likeness (QED) is 0.614. The fourth-order valence-corrected chi connectivity index (χ4v) is 1.93. The SMILES string of the molecule is O=Cc1ccn(C2CCCC2)c1. The van der Waals surface area contributed by atoms with Gasteiger partial charge in [0.05, 0.1) is 0 Å². The Morgan fingerprint density at radius 1 is 1.42 bits per heavy atom. The molecule has 0 spiro atoms. The van der Waals surface area contributed by atoms with Crippen LogP contribution in [0.2, 0.25) is 0 Å². The van der Waals surface area contributed by atoms with E-state index in [9.17, 15) is 4.79 Å². The molecule has 0 bridgehead atoms. The second-order valence-corrected chi connectivity index (χ2v) is 3.45. The highest BCUT2D eigenvalue weighted by Crippen LogP contribution is 2.29. The Balaban J connectivity index is 2.16. The Bertz CT molecular complexity index is 271. The molecule has 0 saturated heterocycles. The molecule has 2 nitrogen and oxygen atoms in total. The number of hydrogen-bond donors (Lipinski definition) is 0. The summed E-state index contributed by atoms with van der Waals surface area (Å²) in [6.07, 6.45) is 10.1. The number of hydrogen-bond acceptors (Lipinski definition) is 1. The lowest BCUT2D eigenvalue weighted by Crippen LogP contribution is -2.00. The summed E-state index contributed by atoms with van der Waals surface area (Å²) in [5.74, 6) is 0. The molecule has 2 rings (SSSR count). The van der Waals surface area contributed by atoms with Crippen molar-refractivity contribution in [3.8, 4) is 0 Å². The van der Waals surface area contributed by atoms with Crippen molar-refractivity contribution >= 4 is 6.29 Å². The van der Waals surface area contributed by atoms with Crippen molar-refractivity contribution in [3.63, 3.8) is 0 Å². The molecule has 0 atom stereocenters. The lowest BCUT2D eigenvalue weighted by atomic mass is 10.2. The molecule has 0 aromatic carbocycles. The van der Waals surface area contributed by atoms with E-state index >= 15 is 0 Å². The van der Waals surface area contributed by atoms with E-state index in [1.807, 2.05) is 18.5 Å². The number of aldehydes is 1. The first-order valence-corrected chi connectivity index (χ1v) is 4.53. The van der Waals surface area contributed by atoms with Crippen LogP contribution in [0.25, 0.3) is 0 Å². The van der Waals surface area contributed by atoms with Gasteiger partial charge in [-0.05, 0) is 18.9 Å². The van der Waals surface area contributed by atoms with E-state index in [2.05, 4.69) is 4.57 Å². The molecule has 1 fully saturated rings. The molecule has 0 amide bonds. The molecule has 0 unspecified atom stereocenters. The molecular weight excluding hydrogens is 150 g/mol. The molecule has 1 aliphatic carbocycles. The predicted molar refractivity (Wildman–Crippen MR) is 47.3 cm³/mol. The van der Waals surface area contributed by atoms with E-state index in [4.69, 9.17) is 0 Å². The van der Waals surface area contributed by atoms with E-state index < -0.39 is 0 Å².